The molecular weight excluding hydrogens is 308 g/mol. The number of aldehydes is 1. The second-order valence-corrected chi connectivity index (χ2v) is 6.35. The van der Waals surface area contributed by atoms with Gasteiger partial charge in [-0.1, -0.05) is 24.3 Å². The number of hydrogen-bond donors (Lipinski definition) is 1. The number of methoxy groups -OCH3 is 1. The van der Waals surface area contributed by atoms with E-state index in [4.69, 9.17) is 4.74 Å². The van der Waals surface area contributed by atoms with Crippen LogP contribution in [-0.4, -0.2) is 36.7 Å². The van der Waals surface area contributed by atoms with E-state index in [1.165, 1.54) is 13.2 Å². The number of hydrogen-bond acceptors (Lipinski definition) is 5. The predicted octanol–water partition coefficient (Wildman–Crippen LogP) is 2.16. The summed E-state index contributed by atoms with van der Waals surface area (Å²) in [5.74, 6) is 0.648. The number of aliphatic hydroxyl groups is 1. The number of para-hydroxylation sites is 1. The van der Waals surface area contributed by atoms with Crippen LogP contribution in [0.1, 0.15) is 36.3 Å². The summed E-state index contributed by atoms with van der Waals surface area (Å²) in [5, 5.41) is 10.2. The van der Waals surface area contributed by atoms with Gasteiger partial charge in [-0.15, -0.1) is 0 Å². The molecule has 1 aliphatic carbocycles. The molecule has 3 rings (SSSR count). The monoisotopic (exact) mass is 330 g/mol. The predicted molar refractivity (Wildman–Crippen MR) is 87.9 cm³/mol. The highest BCUT2D eigenvalue weighted by Crippen LogP contribution is 2.51. The third-order valence-corrected chi connectivity index (χ3v) is 4.96. The number of esters is 1. The molecule has 1 fully saturated rings. The number of allylic oxidation sites excluding steroid dienone is 1. The molecule has 5 heteroatoms. The first-order valence-corrected chi connectivity index (χ1v) is 8.31. The molecule has 1 aromatic rings. The zero-order valence-corrected chi connectivity index (χ0v) is 13.7. The van der Waals surface area contributed by atoms with Crippen molar-refractivity contribution in [3.8, 4) is 5.75 Å². The van der Waals surface area contributed by atoms with Crippen LogP contribution >= 0.6 is 0 Å². The number of fused-ring (bicyclic) bond motifs is 3. The summed E-state index contributed by atoms with van der Waals surface area (Å²) in [6, 6.07) is 6.04. The minimum absolute atomic E-state index is 0.0574. The molecule has 2 aliphatic rings. The summed E-state index contributed by atoms with van der Waals surface area (Å²) >= 11 is 0. The van der Waals surface area contributed by atoms with Gasteiger partial charge in [-0.05, 0) is 24.5 Å². The molecule has 5 nitrogen and oxygen atoms in total. The second-order valence-electron chi connectivity index (χ2n) is 6.35. The molecule has 24 heavy (non-hydrogen) atoms. The summed E-state index contributed by atoms with van der Waals surface area (Å²) in [7, 11) is 1.39. The van der Waals surface area contributed by atoms with Crippen molar-refractivity contribution in [1.29, 1.82) is 0 Å². The quantitative estimate of drug-likeness (QED) is 0.492. The summed E-state index contributed by atoms with van der Waals surface area (Å²) in [5.41, 5.74) is 2.17. The highest BCUT2D eigenvalue weighted by Gasteiger charge is 2.48. The Bertz CT molecular complexity index is 651. The van der Waals surface area contributed by atoms with Crippen LogP contribution in [0.5, 0.6) is 5.75 Å². The van der Waals surface area contributed by atoms with Gasteiger partial charge in [-0.25, -0.2) is 0 Å². The van der Waals surface area contributed by atoms with Crippen molar-refractivity contribution in [3.05, 3.63) is 41.5 Å². The second kappa shape index (κ2) is 7.18. The highest BCUT2D eigenvalue weighted by molar-refractivity contribution is 5.69. The van der Waals surface area contributed by atoms with E-state index >= 15 is 0 Å². The number of ether oxygens (including phenoxy) is 2. The molecule has 0 bridgehead atoms. The molecule has 1 saturated carbocycles. The standard InChI is InChI=1S/C19H22O5/c1-23-17(22)9-3-6-12-5-2-7-14-18-13(8-4-10-20)15(21)11-16(18)24-19(12)14/h2,4-5,7-8,10,13,15-16,18,21H,3,6,9,11H2,1H3. The van der Waals surface area contributed by atoms with Crippen molar-refractivity contribution in [2.24, 2.45) is 5.92 Å². The van der Waals surface area contributed by atoms with Crippen LogP contribution in [0.3, 0.4) is 0 Å². The van der Waals surface area contributed by atoms with Crippen LogP contribution in [0.2, 0.25) is 0 Å². The molecule has 1 heterocycles. The maximum Gasteiger partial charge on any atom is 0.305 e. The Morgan fingerprint density at radius 3 is 3.04 bits per heavy atom. The van der Waals surface area contributed by atoms with Gasteiger partial charge in [0.1, 0.15) is 18.1 Å². The number of carbonyl (C=O) groups is 2. The molecule has 4 unspecified atom stereocenters. The van der Waals surface area contributed by atoms with E-state index in [1.807, 2.05) is 18.2 Å². The van der Waals surface area contributed by atoms with E-state index in [1.54, 1.807) is 6.08 Å². The Hall–Kier alpha value is -2.14. The van der Waals surface area contributed by atoms with Crippen LogP contribution in [0.25, 0.3) is 0 Å². The normalized spacial score (nSPS) is 27.6. The third kappa shape index (κ3) is 3.08. The lowest BCUT2D eigenvalue weighted by Gasteiger charge is -2.17. The van der Waals surface area contributed by atoms with Gasteiger partial charge in [0.15, 0.2) is 0 Å². The summed E-state index contributed by atoms with van der Waals surface area (Å²) in [4.78, 5) is 21.9. The lowest BCUT2D eigenvalue weighted by molar-refractivity contribution is -0.140. The average Bonchev–Trinajstić information content (AvgIpc) is 3.08. The van der Waals surface area contributed by atoms with E-state index < -0.39 is 6.10 Å². The van der Waals surface area contributed by atoms with Crippen LogP contribution in [0.15, 0.2) is 30.4 Å². The Morgan fingerprint density at radius 2 is 2.29 bits per heavy atom. The minimum Gasteiger partial charge on any atom is -0.489 e. The molecule has 0 spiro atoms. The largest absolute Gasteiger partial charge is 0.489 e. The van der Waals surface area contributed by atoms with Crippen LogP contribution < -0.4 is 4.74 Å². The van der Waals surface area contributed by atoms with Crippen molar-refractivity contribution in [3.63, 3.8) is 0 Å². The van der Waals surface area contributed by atoms with Crippen LogP contribution in [0, 0.1) is 5.92 Å². The highest BCUT2D eigenvalue weighted by atomic mass is 16.5. The molecule has 1 N–H and O–H groups in total. The molecule has 0 radical (unpaired) electrons. The van der Waals surface area contributed by atoms with Crippen molar-refractivity contribution in [2.45, 2.75) is 43.8 Å². The number of aliphatic hydroxyl groups excluding tert-OH is 1. The lowest BCUT2D eigenvalue weighted by atomic mass is 9.86. The maximum atomic E-state index is 11.3. The Balaban J connectivity index is 1.79. The number of carbonyl (C=O) groups excluding carboxylic acids is 2. The Morgan fingerprint density at radius 1 is 1.46 bits per heavy atom. The molecule has 1 aromatic carbocycles. The van der Waals surface area contributed by atoms with Gasteiger partial charge in [0.2, 0.25) is 0 Å². The van der Waals surface area contributed by atoms with Gasteiger partial charge in [-0.2, -0.15) is 0 Å². The Labute approximate surface area is 141 Å². The fraction of sp³-hybridized carbons (Fsp3) is 0.474. The van der Waals surface area contributed by atoms with E-state index in [9.17, 15) is 14.7 Å². The SMILES string of the molecule is COC(=O)CCCc1cccc2c1OC1CC(O)C(C=CC=O)C21. The summed E-state index contributed by atoms with van der Waals surface area (Å²) in [6.07, 6.45) is 5.82. The average molecular weight is 330 g/mol. The van der Waals surface area contributed by atoms with Crippen LogP contribution in [-0.2, 0) is 20.7 Å². The van der Waals surface area contributed by atoms with Gasteiger partial charge in [0, 0.05) is 30.2 Å². The smallest absolute Gasteiger partial charge is 0.305 e. The molecule has 0 aromatic heterocycles. The van der Waals surface area contributed by atoms with Gasteiger partial charge in [0.25, 0.3) is 0 Å². The van der Waals surface area contributed by atoms with E-state index in [2.05, 4.69) is 4.74 Å². The topological polar surface area (TPSA) is 72.8 Å². The van der Waals surface area contributed by atoms with Gasteiger partial charge in [0.05, 0.1) is 13.2 Å². The number of aryl methyl sites for hydroxylation is 1. The molecule has 1 aliphatic heterocycles. The van der Waals surface area contributed by atoms with Gasteiger partial charge < -0.3 is 14.6 Å². The molecular formula is C19H22O5. The lowest BCUT2D eigenvalue weighted by Crippen LogP contribution is -2.16. The first-order valence-electron chi connectivity index (χ1n) is 8.31. The number of rotatable bonds is 6. The summed E-state index contributed by atoms with van der Waals surface area (Å²) in [6.45, 7) is 0. The van der Waals surface area contributed by atoms with E-state index in [0.29, 0.717) is 19.3 Å². The Kier molecular flexibility index (Phi) is 5.00. The van der Waals surface area contributed by atoms with Crippen molar-refractivity contribution in [2.75, 3.05) is 7.11 Å². The minimum atomic E-state index is -0.493. The van der Waals surface area contributed by atoms with E-state index in [-0.39, 0.29) is 23.9 Å². The van der Waals surface area contributed by atoms with Crippen molar-refractivity contribution < 1.29 is 24.2 Å². The molecule has 0 amide bonds. The van der Waals surface area contributed by atoms with Crippen molar-refractivity contribution >= 4 is 12.3 Å². The molecule has 128 valence electrons. The summed E-state index contributed by atoms with van der Waals surface area (Å²) < 4.78 is 10.8. The zero-order valence-electron chi connectivity index (χ0n) is 13.7. The molecule has 0 saturated heterocycles. The zero-order chi connectivity index (χ0) is 17.1. The van der Waals surface area contributed by atoms with Gasteiger partial charge in [-0.3, -0.25) is 9.59 Å². The van der Waals surface area contributed by atoms with Crippen molar-refractivity contribution in [1.82, 2.24) is 0 Å². The maximum absolute atomic E-state index is 11.3. The van der Waals surface area contributed by atoms with Gasteiger partial charge >= 0.3 is 5.97 Å². The molecule has 4 atom stereocenters. The number of benzene rings is 1. The fourth-order valence-corrected chi connectivity index (χ4v) is 3.86. The van der Waals surface area contributed by atoms with Crippen LogP contribution in [0.4, 0.5) is 0 Å². The van der Waals surface area contributed by atoms with E-state index in [0.717, 1.165) is 29.6 Å². The third-order valence-electron chi connectivity index (χ3n) is 4.96. The first-order chi connectivity index (χ1) is 11.7. The fourth-order valence-electron chi connectivity index (χ4n) is 3.86. The first kappa shape index (κ1) is 16.7.